The highest BCUT2D eigenvalue weighted by atomic mass is 32.2. The fraction of sp³-hybridized carbons (Fsp3) is 0.286. The molecule has 9 heavy (non-hydrogen) atoms. The molecule has 0 saturated heterocycles. The van der Waals surface area contributed by atoms with Crippen molar-refractivity contribution in [2.75, 3.05) is 0 Å². The Hall–Kier alpha value is -0.500. The van der Waals surface area contributed by atoms with Crippen LogP contribution in [-0.4, -0.2) is 5.78 Å². The van der Waals surface area contributed by atoms with Gasteiger partial charge in [0.25, 0.3) is 0 Å². The predicted octanol–water partition coefficient (Wildman–Crippen LogP) is 2.36. The molecule has 0 aromatic rings. The first kappa shape index (κ1) is 8.50. The summed E-state index contributed by atoms with van der Waals surface area (Å²) in [5.74, 6) is 0.115. The van der Waals surface area contributed by atoms with Gasteiger partial charge in [0.15, 0.2) is 5.78 Å². The van der Waals surface area contributed by atoms with Crippen LogP contribution in [0.25, 0.3) is 0 Å². The van der Waals surface area contributed by atoms with Crippen LogP contribution in [0.4, 0.5) is 0 Å². The summed E-state index contributed by atoms with van der Waals surface area (Å²) in [6.07, 6.45) is 0. The normalized spacial score (nSPS) is 11.1. The molecule has 0 aromatic heterocycles. The van der Waals surface area contributed by atoms with E-state index in [1.807, 2.05) is 0 Å². The second-order valence-electron chi connectivity index (χ2n) is 1.66. The number of allylic oxidation sites excluding steroid dienone is 1. The van der Waals surface area contributed by atoms with E-state index in [2.05, 4.69) is 6.58 Å². The summed E-state index contributed by atoms with van der Waals surface area (Å²) in [6.45, 7) is 6.84. The third-order valence-electron chi connectivity index (χ3n) is 0.896. The minimum Gasteiger partial charge on any atom is -0.295 e. The third-order valence-corrected chi connectivity index (χ3v) is 1.58. The fourth-order valence-electron chi connectivity index (χ4n) is 0.233. The minimum atomic E-state index is 0.115. The minimum absolute atomic E-state index is 0.115. The summed E-state index contributed by atoms with van der Waals surface area (Å²) in [4.78, 5) is 10.5. The van der Waals surface area contributed by atoms with E-state index in [4.69, 9.17) is 0 Å². The van der Waals surface area contributed by atoms with Crippen LogP contribution in [0.15, 0.2) is 23.0 Å². The van der Waals surface area contributed by atoms with Crippen molar-refractivity contribution in [1.29, 1.82) is 0 Å². The van der Waals surface area contributed by atoms with Crippen LogP contribution in [0.1, 0.15) is 13.8 Å². The van der Waals surface area contributed by atoms with E-state index in [0.29, 0.717) is 0 Å². The van der Waals surface area contributed by atoms with Gasteiger partial charge in [-0.05, 0) is 30.2 Å². The van der Waals surface area contributed by atoms with Crippen molar-refractivity contribution >= 4 is 17.5 Å². The molecule has 0 N–H and O–H groups in total. The number of hydrogen-bond acceptors (Lipinski definition) is 2. The molecule has 0 amide bonds. The highest BCUT2D eigenvalue weighted by Gasteiger charge is 1.92. The number of rotatable bonds is 3. The number of ketones is 1. The smallest absolute Gasteiger partial charge is 0.156 e. The summed E-state index contributed by atoms with van der Waals surface area (Å²) in [7, 11) is 0. The first-order valence-corrected chi connectivity index (χ1v) is 3.57. The Morgan fingerprint density at radius 3 is 2.44 bits per heavy atom. The molecule has 0 bridgehead atoms. The van der Waals surface area contributed by atoms with E-state index < -0.39 is 0 Å². The van der Waals surface area contributed by atoms with Gasteiger partial charge in [0.1, 0.15) is 0 Å². The molecule has 0 aliphatic carbocycles. The van der Waals surface area contributed by atoms with Gasteiger partial charge in [-0.25, -0.2) is 0 Å². The zero-order valence-electron chi connectivity index (χ0n) is 5.68. The Bertz CT molecular complexity index is 147. The van der Waals surface area contributed by atoms with Gasteiger partial charge in [-0.15, -0.1) is 11.8 Å². The molecule has 0 fully saturated rings. The van der Waals surface area contributed by atoms with Crippen LogP contribution in [0.3, 0.4) is 0 Å². The Labute approximate surface area is 59.8 Å². The molecule has 0 unspecified atom stereocenters. The molecule has 0 atom stereocenters. The van der Waals surface area contributed by atoms with Gasteiger partial charge in [-0.2, -0.15) is 0 Å². The molecule has 50 valence electrons. The zero-order chi connectivity index (χ0) is 7.28. The summed E-state index contributed by atoms with van der Waals surface area (Å²) in [5.41, 5.74) is 0.778. The summed E-state index contributed by atoms with van der Waals surface area (Å²) < 4.78 is 0. The van der Waals surface area contributed by atoms with Crippen LogP contribution in [-0.2, 0) is 4.79 Å². The lowest BCUT2D eigenvalue weighted by Crippen LogP contribution is -1.88. The average molecular weight is 142 g/mol. The van der Waals surface area contributed by atoms with Crippen molar-refractivity contribution in [3.8, 4) is 0 Å². The van der Waals surface area contributed by atoms with Gasteiger partial charge < -0.3 is 0 Å². The van der Waals surface area contributed by atoms with Gasteiger partial charge in [0.05, 0.1) is 0 Å². The van der Waals surface area contributed by atoms with Gasteiger partial charge >= 0.3 is 0 Å². The van der Waals surface area contributed by atoms with Crippen LogP contribution in [0.5, 0.6) is 0 Å². The van der Waals surface area contributed by atoms with E-state index in [-0.39, 0.29) is 5.78 Å². The topological polar surface area (TPSA) is 17.1 Å². The number of thioether (sulfide) groups is 1. The first-order chi connectivity index (χ1) is 4.18. The number of hydrogen-bond donors (Lipinski definition) is 0. The van der Waals surface area contributed by atoms with Crippen molar-refractivity contribution in [2.45, 2.75) is 13.8 Å². The zero-order valence-corrected chi connectivity index (χ0v) is 6.49. The second kappa shape index (κ2) is 4.39. The summed E-state index contributed by atoms with van der Waals surface area (Å²) in [6, 6.07) is 0. The van der Waals surface area contributed by atoms with Crippen molar-refractivity contribution in [3.63, 3.8) is 0 Å². The van der Waals surface area contributed by atoms with Gasteiger partial charge in [-0.3, -0.25) is 4.79 Å². The van der Waals surface area contributed by atoms with Gasteiger partial charge in [-0.1, -0.05) is 6.58 Å². The van der Waals surface area contributed by atoms with Gasteiger partial charge in [0.2, 0.25) is 0 Å². The molecule has 0 aliphatic heterocycles. The standard InChI is InChI=1S/C7H10OS/c1-4-9-5-6(2)7(3)8/h4-5H,1H2,2-3H3/b6-5+. The molecule has 0 spiro atoms. The Morgan fingerprint density at radius 1 is 1.56 bits per heavy atom. The molecular weight excluding hydrogens is 132 g/mol. The van der Waals surface area contributed by atoms with Crippen LogP contribution < -0.4 is 0 Å². The quantitative estimate of drug-likeness (QED) is 0.563. The Morgan fingerprint density at radius 2 is 2.11 bits per heavy atom. The molecule has 0 aromatic carbocycles. The fourth-order valence-corrected chi connectivity index (χ4v) is 0.699. The van der Waals surface area contributed by atoms with Crippen LogP contribution >= 0.6 is 11.8 Å². The van der Waals surface area contributed by atoms with Crippen molar-refractivity contribution < 1.29 is 4.79 Å². The maximum Gasteiger partial charge on any atom is 0.156 e. The molecule has 1 nitrogen and oxygen atoms in total. The number of Topliss-reactive ketones (excluding diaryl/α,β-unsaturated/α-hetero) is 1. The van der Waals surface area contributed by atoms with Crippen LogP contribution in [0.2, 0.25) is 0 Å². The Balaban J connectivity index is 3.83. The van der Waals surface area contributed by atoms with Crippen molar-refractivity contribution in [2.24, 2.45) is 0 Å². The summed E-state index contributed by atoms with van der Waals surface area (Å²) >= 11 is 1.43. The van der Waals surface area contributed by atoms with E-state index in [0.717, 1.165) is 5.57 Å². The molecule has 2 heteroatoms. The maximum atomic E-state index is 10.5. The summed E-state index contributed by atoms with van der Waals surface area (Å²) in [5, 5.41) is 3.47. The molecule has 0 aliphatic rings. The Kier molecular flexibility index (Phi) is 4.14. The van der Waals surface area contributed by atoms with E-state index in [1.165, 1.54) is 11.8 Å². The van der Waals surface area contributed by atoms with Crippen molar-refractivity contribution in [3.05, 3.63) is 23.0 Å². The third kappa shape index (κ3) is 4.03. The largest absolute Gasteiger partial charge is 0.295 e. The van der Waals surface area contributed by atoms with E-state index >= 15 is 0 Å². The van der Waals surface area contributed by atoms with E-state index in [9.17, 15) is 4.79 Å². The molecule has 0 heterocycles. The molecule has 0 radical (unpaired) electrons. The highest BCUT2D eigenvalue weighted by Crippen LogP contribution is 2.06. The van der Waals surface area contributed by atoms with Gasteiger partial charge in [0, 0.05) is 0 Å². The van der Waals surface area contributed by atoms with Crippen LogP contribution in [0, 0.1) is 0 Å². The number of carbonyl (C=O) groups excluding carboxylic acids is 1. The maximum absolute atomic E-state index is 10.5. The first-order valence-electron chi connectivity index (χ1n) is 2.62. The monoisotopic (exact) mass is 142 g/mol. The second-order valence-corrected chi connectivity index (χ2v) is 2.50. The molecule has 0 rings (SSSR count). The SMILES string of the molecule is C=CS/C=C(\C)C(C)=O. The lowest BCUT2D eigenvalue weighted by Gasteiger charge is -1.88. The lowest BCUT2D eigenvalue weighted by molar-refractivity contribution is -0.113. The number of carbonyl (C=O) groups is 1. The van der Waals surface area contributed by atoms with Crippen molar-refractivity contribution in [1.82, 2.24) is 0 Å². The lowest BCUT2D eigenvalue weighted by atomic mass is 10.2. The molecule has 0 saturated carbocycles. The predicted molar refractivity (Wildman–Crippen MR) is 42.2 cm³/mol. The van der Waals surface area contributed by atoms with E-state index in [1.54, 1.807) is 24.7 Å². The average Bonchev–Trinajstić information content (AvgIpc) is 1.82. The highest BCUT2D eigenvalue weighted by molar-refractivity contribution is 8.04. The molecular formula is C7H10OS.